The first-order chi connectivity index (χ1) is 8.09. The third-order valence-corrected chi connectivity index (χ3v) is 4.54. The van der Waals surface area contributed by atoms with Crippen molar-refractivity contribution in [2.24, 2.45) is 11.3 Å². The Morgan fingerprint density at radius 2 is 1.82 bits per heavy atom. The predicted octanol–water partition coefficient (Wildman–Crippen LogP) is 3.84. The summed E-state index contributed by atoms with van der Waals surface area (Å²) in [4.78, 5) is 0. The topological polar surface area (TPSA) is 12.0 Å². The van der Waals surface area contributed by atoms with Crippen LogP contribution < -0.4 is 5.32 Å². The monoisotopic (exact) mass is 231 g/mol. The molecule has 1 fully saturated rings. The van der Waals surface area contributed by atoms with Gasteiger partial charge in [0.15, 0.2) is 0 Å². The fourth-order valence-corrected chi connectivity index (χ4v) is 2.79. The van der Waals surface area contributed by atoms with Crippen LogP contribution >= 0.6 is 0 Å². The SMILES string of the molecule is CCC(C)(CC)C1=CC(C)C=C2CNCC2=C1. The molecule has 0 bridgehead atoms. The van der Waals surface area contributed by atoms with Crippen molar-refractivity contribution >= 4 is 0 Å². The van der Waals surface area contributed by atoms with Crippen molar-refractivity contribution in [2.45, 2.75) is 40.5 Å². The van der Waals surface area contributed by atoms with Crippen molar-refractivity contribution in [1.82, 2.24) is 5.32 Å². The highest BCUT2D eigenvalue weighted by molar-refractivity contribution is 5.47. The van der Waals surface area contributed by atoms with E-state index in [1.54, 1.807) is 5.57 Å². The number of hydrogen-bond acceptors (Lipinski definition) is 1. The average molecular weight is 231 g/mol. The lowest BCUT2D eigenvalue weighted by Gasteiger charge is -2.29. The molecule has 1 heterocycles. The second kappa shape index (κ2) is 4.81. The molecule has 1 aliphatic heterocycles. The maximum absolute atomic E-state index is 3.46. The van der Waals surface area contributed by atoms with Gasteiger partial charge in [-0.1, -0.05) is 45.9 Å². The fourth-order valence-electron chi connectivity index (χ4n) is 2.79. The Morgan fingerprint density at radius 3 is 2.47 bits per heavy atom. The zero-order valence-corrected chi connectivity index (χ0v) is 11.6. The van der Waals surface area contributed by atoms with E-state index < -0.39 is 0 Å². The van der Waals surface area contributed by atoms with E-state index in [1.165, 1.54) is 24.0 Å². The van der Waals surface area contributed by atoms with Crippen molar-refractivity contribution in [3.63, 3.8) is 0 Å². The summed E-state index contributed by atoms with van der Waals surface area (Å²) in [5.74, 6) is 0.561. The molecule has 2 aliphatic rings. The van der Waals surface area contributed by atoms with Crippen LogP contribution in [-0.2, 0) is 0 Å². The summed E-state index contributed by atoms with van der Waals surface area (Å²) >= 11 is 0. The van der Waals surface area contributed by atoms with Crippen molar-refractivity contribution in [2.75, 3.05) is 13.1 Å². The van der Waals surface area contributed by atoms with E-state index in [0.717, 1.165) is 13.1 Å². The van der Waals surface area contributed by atoms with Crippen LogP contribution in [0.1, 0.15) is 40.5 Å². The van der Waals surface area contributed by atoms with Gasteiger partial charge in [-0.3, -0.25) is 0 Å². The Labute approximate surface area is 106 Å². The second-order valence-corrected chi connectivity index (χ2v) is 5.71. The van der Waals surface area contributed by atoms with E-state index in [2.05, 4.69) is 51.2 Å². The van der Waals surface area contributed by atoms with Gasteiger partial charge in [0.2, 0.25) is 0 Å². The lowest BCUT2D eigenvalue weighted by atomic mass is 9.76. The van der Waals surface area contributed by atoms with Crippen LogP contribution in [0.15, 0.2) is 34.9 Å². The summed E-state index contributed by atoms with van der Waals surface area (Å²) in [5.41, 5.74) is 4.90. The molecule has 1 nitrogen and oxygen atoms in total. The number of fused-ring (bicyclic) bond motifs is 1. The molecule has 0 spiro atoms. The zero-order valence-electron chi connectivity index (χ0n) is 11.6. The molecule has 1 atom stereocenters. The number of allylic oxidation sites excluding steroid dienone is 4. The maximum Gasteiger partial charge on any atom is 0.0211 e. The highest BCUT2D eigenvalue weighted by atomic mass is 14.9. The van der Waals surface area contributed by atoms with Gasteiger partial charge in [0.1, 0.15) is 0 Å². The molecular formula is C16H25N. The van der Waals surface area contributed by atoms with E-state index in [4.69, 9.17) is 0 Å². The van der Waals surface area contributed by atoms with E-state index >= 15 is 0 Å². The summed E-state index contributed by atoms with van der Waals surface area (Å²) < 4.78 is 0. The molecular weight excluding hydrogens is 206 g/mol. The fraction of sp³-hybridized carbons (Fsp3) is 0.625. The van der Waals surface area contributed by atoms with Crippen LogP contribution in [0.3, 0.4) is 0 Å². The third kappa shape index (κ3) is 2.40. The standard InChI is InChI=1S/C16H25N/c1-5-16(4,6-2)15-8-12(3)7-13-10-17-11-14(13)9-15/h7-9,12,17H,5-6,10-11H2,1-4H3. The lowest BCUT2D eigenvalue weighted by molar-refractivity contribution is 0.374. The van der Waals surface area contributed by atoms with Crippen molar-refractivity contribution in [1.29, 1.82) is 0 Å². The van der Waals surface area contributed by atoms with Crippen LogP contribution in [0.2, 0.25) is 0 Å². The van der Waals surface area contributed by atoms with E-state index in [9.17, 15) is 0 Å². The van der Waals surface area contributed by atoms with E-state index in [0.29, 0.717) is 11.3 Å². The quantitative estimate of drug-likeness (QED) is 0.778. The van der Waals surface area contributed by atoms with Gasteiger partial charge >= 0.3 is 0 Å². The molecule has 0 amide bonds. The predicted molar refractivity (Wildman–Crippen MR) is 75.0 cm³/mol. The highest BCUT2D eigenvalue weighted by Gasteiger charge is 2.27. The van der Waals surface area contributed by atoms with Crippen molar-refractivity contribution in [3.8, 4) is 0 Å². The molecule has 0 radical (unpaired) electrons. The van der Waals surface area contributed by atoms with E-state index in [-0.39, 0.29) is 0 Å². The molecule has 2 rings (SSSR count). The average Bonchev–Trinajstić information content (AvgIpc) is 2.68. The number of hydrogen-bond donors (Lipinski definition) is 1. The molecule has 0 aromatic heterocycles. The Hall–Kier alpha value is -0.820. The molecule has 94 valence electrons. The van der Waals surface area contributed by atoms with Crippen LogP contribution in [0, 0.1) is 11.3 Å². The molecule has 1 unspecified atom stereocenters. The van der Waals surface area contributed by atoms with Crippen molar-refractivity contribution in [3.05, 3.63) is 34.9 Å². The summed E-state index contributed by atoms with van der Waals surface area (Å²) in [7, 11) is 0. The van der Waals surface area contributed by atoms with Crippen LogP contribution in [0.4, 0.5) is 0 Å². The first-order valence-corrected chi connectivity index (χ1v) is 6.93. The molecule has 1 N–H and O–H groups in total. The van der Waals surface area contributed by atoms with E-state index in [1.807, 2.05) is 0 Å². The normalized spacial score (nSPS) is 24.7. The van der Waals surface area contributed by atoms with Crippen LogP contribution in [0.5, 0.6) is 0 Å². The first kappa shape index (κ1) is 12.6. The molecule has 1 aliphatic carbocycles. The summed E-state index contributed by atoms with van der Waals surface area (Å²) in [6.45, 7) is 11.4. The van der Waals surface area contributed by atoms with Gasteiger partial charge in [-0.05, 0) is 40.9 Å². The Balaban J connectivity index is 2.38. The summed E-state index contributed by atoms with van der Waals surface area (Å²) in [6.07, 6.45) is 9.77. The Morgan fingerprint density at radius 1 is 1.18 bits per heavy atom. The van der Waals surface area contributed by atoms with Gasteiger partial charge in [0.25, 0.3) is 0 Å². The molecule has 0 aromatic carbocycles. The largest absolute Gasteiger partial charge is 0.309 e. The number of rotatable bonds is 3. The maximum atomic E-state index is 3.46. The molecule has 1 heteroatoms. The zero-order chi connectivity index (χ0) is 12.5. The first-order valence-electron chi connectivity index (χ1n) is 6.93. The molecule has 0 saturated carbocycles. The van der Waals surface area contributed by atoms with Crippen molar-refractivity contribution < 1.29 is 0 Å². The minimum absolute atomic E-state index is 0.340. The van der Waals surface area contributed by atoms with Gasteiger partial charge in [0, 0.05) is 13.1 Å². The smallest absolute Gasteiger partial charge is 0.0211 e. The molecule has 0 aromatic rings. The van der Waals surface area contributed by atoms with Gasteiger partial charge in [-0.15, -0.1) is 0 Å². The van der Waals surface area contributed by atoms with Gasteiger partial charge in [-0.2, -0.15) is 0 Å². The van der Waals surface area contributed by atoms with Gasteiger partial charge in [0.05, 0.1) is 0 Å². The summed E-state index contributed by atoms with van der Waals surface area (Å²) in [5, 5.41) is 3.46. The third-order valence-electron chi connectivity index (χ3n) is 4.54. The minimum Gasteiger partial charge on any atom is -0.309 e. The molecule has 17 heavy (non-hydrogen) atoms. The highest BCUT2D eigenvalue weighted by Crippen LogP contribution is 2.39. The molecule has 1 saturated heterocycles. The number of nitrogens with one attached hydrogen (secondary N) is 1. The second-order valence-electron chi connectivity index (χ2n) is 5.71. The lowest BCUT2D eigenvalue weighted by Crippen LogP contribution is -2.17. The summed E-state index contributed by atoms with van der Waals surface area (Å²) in [6, 6.07) is 0. The minimum atomic E-state index is 0.340. The van der Waals surface area contributed by atoms with Gasteiger partial charge < -0.3 is 5.32 Å². The van der Waals surface area contributed by atoms with Gasteiger partial charge in [-0.25, -0.2) is 0 Å². The Kier molecular flexibility index (Phi) is 3.58. The Bertz CT molecular complexity index is 380. The van der Waals surface area contributed by atoms with Crippen LogP contribution in [0.25, 0.3) is 0 Å². The van der Waals surface area contributed by atoms with Crippen LogP contribution in [-0.4, -0.2) is 13.1 Å².